The van der Waals surface area contributed by atoms with E-state index < -0.39 is 0 Å². The van der Waals surface area contributed by atoms with Gasteiger partial charge in [0.2, 0.25) is 0 Å². The highest BCUT2D eigenvalue weighted by Crippen LogP contribution is 2.19. The molecule has 0 saturated heterocycles. The van der Waals surface area contributed by atoms with Crippen molar-refractivity contribution in [2.24, 2.45) is 11.7 Å². The van der Waals surface area contributed by atoms with Gasteiger partial charge in [0.25, 0.3) is 0 Å². The molecule has 2 aromatic carbocycles. The number of hydrogen-bond acceptors (Lipinski definition) is 5. The highest BCUT2D eigenvalue weighted by Gasteiger charge is 1.95. The minimum atomic E-state index is 0.873. The summed E-state index contributed by atoms with van der Waals surface area (Å²) in [6.45, 7) is 0. The Hall–Kier alpha value is -2.24. The van der Waals surface area contributed by atoms with E-state index in [0.717, 1.165) is 22.7 Å². The monoisotopic (exact) mass is 229 g/mol. The van der Waals surface area contributed by atoms with Crippen LogP contribution in [0.1, 0.15) is 0 Å². The maximum absolute atomic E-state index is 5.30. The van der Waals surface area contributed by atoms with Gasteiger partial charge in [0.15, 0.2) is 0 Å². The van der Waals surface area contributed by atoms with E-state index in [2.05, 4.69) is 16.2 Å². The molecule has 0 amide bonds. The lowest BCUT2D eigenvalue weighted by Crippen LogP contribution is -2.06. The fraction of sp³-hybridized carbons (Fsp3) is 0. The molecule has 2 aromatic rings. The summed E-state index contributed by atoms with van der Waals surface area (Å²) in [6, 6.07) is 15.4. The Labute approximate surface area is 99.8 Å². The third-order valence-corrected chi connectivity index (χ3v) is 2.39. The summed E-state index contributed by atoms with van der Waals surface area (Å²) in [7, 11) is 0. The first-order valence-electron chi connectivity index (χ1n) is 5.22. The zero-order chi connectivity index (χ0) is 12.1. The molecule has 0 spiro atoms. The quantitative estimate of drug-likeness (QED) is 0.409. The maximum atomic E-state index is 5.30. The molecule has 7 N–H and O–H groups in total. The minimum absolute atomic E-state index is 0.873. The molecule has 2 rings (SSSR count). The topological polar surface area (TPSA) is 88.1 Å². The molecule has 5 nitrogen and oxygen atoms in total. The van der Waals surface area contributed by atoms with E-state index in [1.165, 1.54) is 0 Å². The van der Waals surface area contributed by atoms with Gasteiger partial charge in [0.1, 0.15) is 0 Å². The Morgan fingerprint density at radius 3 is 1.12 bits per heavy atom. The van der Waals surface area contributed by atoms with Gasteiger partial charge in [0.05, 0.1) is 0 Å². The van der Waals surface area contributed by atoms with Crippen molar-refractivity contribution in [3.63, 3.8) is 0 Å². The standard InChI is InChI=1S/C12H15N5/c13-16-11-5-1-9(2-6-11)15-10-3-7-12(17-14)8-4-10/h1-8,15-17H,13-14H2. The van der Waals surface area contributed by atoms with E-state index in [-0.39, 0.29) is 0 Å². The van der Waals surface area contributed by atoms with Crippen LogP contribution in [0.3, 0.4) is 0 Å². The molecule has 0 aliphatic carbocycles. The van der Waals surface area contributed by atoms with Crippen molar-refractivity contribution >= 4 is 22.7 Å². The first kappa shape index (κ1) is 11.3. The number of benzene rings is 2. The Balaban J connectivity index is 2.08. The number of anilines is 4. The maximum Gasteiger partial charge on any atom is 0.0486 e. The predicted molar refractivity (Wildman–Crippen MR) is 71.8 cm³/mol. The van der Waals surface area contributed by atoms with Gasteiger partial charge in [-0.1, -0.05) is 0 Å². The van der Waals surface area contributed by atoms with Crippen LogP contribution in [0.25, 0.3) is 0 Å². The number of nitrogen functional groups attached to an aromatic ring is 2. The molecule has 88 valence electrons. The molecule has 0 aliphatic rings. The van der Waals surface area contributed by atoms with Gasteiger partial charge in [-0.05, 0) is 48.5 Å². The average molecular weight is 229 g/mol. The second kappa shape index (κ2) is 5.20. The van der Waals surface area contributed by atoms with E-state index in [1.54, 1.807) is 0 Å². The van der Waals surface area contributed by atoms with Gasteiger partial charge in [-0.15, -0.1) is 0 Å². The average Bonchev–Trinajstić information content (AvgIpc) is 2.40. The van der Waals surface area contributed by atoms with Crippen molar-refractivity contribution in [1.29, 1.82) is 0 Å². The summed E-state index contributed by atoms with van der Waals surface area (Å²) in [5, 5.41) is 3.27. The first-order valence-corrected chi connectivity index (χ1v) is 5.22. The fourth-order valence-corrected chi connectivity index (χ4v) is 1.47. The van der Waals surface area contributed by atoms with Gasteiger partial charge in [0, 0.05) is 22.7 Å². The SMILES string of the molecule is NNc1ccc(Nc2ccc(NN)cc2)cc1. The molecule has 0 fully saturated rings. The normalized spacial score (nSPS) is 9.76. The number of hydrogen-bond donors (Lipinski definition) is 5. The molecule has 0 aliphatic heterocycles. The second-order valence-corrected chi connectivity index (χ2v) is 3.57. The molecule has 17 heavy (non-hydrogen) atoms. The summed E-state index contributed by atoms with van der Waals surface area (Å²) in [4.78, 5) is 0. The van der Waals surface area contributed by atoms with Crippen LogP contribution in [0.2, 0.25) is 0 Å². The van der Waals surface area contributed by atoms with E-state index in [4.69, 9.17) is 11.7 Å². The van der Waals surface area contributed by atoms with Gasteiger partial charge in [-0.2, -0.15) is 0 Å². The predicted octanol–water partition coefficient (Wildman–Crippen LogP) is 2.00. The summed E-state index contributed by atoms with van der Waals surface area (Å²) >= 11 is 0. The largest absolute Gasteiger partial charge is 0.356 e. The van der Waals surface area contributed by atoms with Crippen molar-refractivity contribution in [3.05, 3.63) is 48.5 Å². The molecule has 5 heteroatoms. The highest BCUT2D eigenvalue weighted by atomic mass is 15.2. The Bertz CT molecular complexity index is 418. The third-order valence-electron chi connectivity index (χ3n) is 2.39. The minimum Gasteiger partial charge on any atom is -0.356 e. The van der Waals surface area contributed by atoms with E-state index in [9.17, 15) is 0 Å². The van der Waals surface area contributed by atoms with Crippen molar-refractivity contribution in [2.45, 2.75) is 0 Å². The summed E-state index contributed by atoms with van der Waals surface area (Å²) in [5.41, 5.74) is 8.91. The summed E-state index contributed by atoms with van der Waals surface area (Å²) in [6.07, 6.45) is 0. The van der Waals surface area contributed by atoms with Gasteiger partial charge < -0.3 is 16.2 Å². The molecular formula is C12H15N5. The molecule has 0 saturated carbocycles. The molecule has 0 radical (unpaired) electrons. The number of nitrogens with two attached hydrogens (primary N) is 2. The van der Waals surface area contributed by atoms with Gasteiger partial charge in [-0.3, -0.25) is 11.7 Å². The van der Waals surface area contributed by atoms with Crippen LogP contribution in [-0.2, 0) is 0 Å². The van der Waals surface area contributed by atoms with E-state index >= 15 is 0 Å². The highest BCUT2D eigenvalue weighted by molar-refractivity contribution is 5.64. The molecule has 0 aromatic heterocycles. The zero-order valence-electron chi connectivity index (χ0n) is 9.27. The van der Waals surface area contributed by atoms with Gasteiger partial charge >= 0.3 is 0 Å². The van der Waals surface area contributed by atoms with E-state index in [1.807, 2.05) is 48.5 Å². The van der Waals surface area contributed by atoms with Crippen molar-refractivity contribution < 1.29 is 0 Å². The summed E-state index contributed by atoms with van der Waals surface area (Å²) in [5.74, 6) is 10.6. The molecule has 0 heterocycles. The number of rotatable bonds is 4. The van der Waals surface area contributed by atoms with Crippen LogP contribution in [0.4, 0.5) is 22.7 Å². The van der Waals surface area contributed by atoms with Crippen LogP contribution in [0.5, 0.6) is 0 Å². The second-order valence-electron chi connectivity index (χ2n) is 3.57. The van der Waals surface area contributed by atoms with Crippen LogP contribution < -0.4 is 27.9 Å². The molecular weight excluding hydrogens is 214 g/mol. The van der Waals surface area contributed by atoms with Gasteiger partial charge in [-0.25, -0.2) is 0 Å². The lowest BCUT2D eigenvalue weighted by Gasteiger charge is -2.08. The number of nitrogens with one attached hydrogen (secondary N) is 3. The zero-order valence-corrected chi connectivity index (χ0v) is 9.27. The molecule has 0 bridgehead atoms. The smallest absolute Gasteiger partial charge is 0.0486 e. The first-order chi connectivity index (χ1) is 8.31. The van der Waals surface area contributed by atoms with Crippen LogP contribution in [-0.4, -0.2) is 0 Å². The molecule has 0 atom stereocenters. The van der Waals surface area contributed by atoms with E-state index in [0.29, 0.717) is 0 Å². The van der Waals surface area contributed by atoms with Crippen molar-refractivity contribution in [2.75, 3.05) is 16.2 Å². The number of hydrazine groups is 2. The van der Waals surface area contributed by atoms with Crippen molar-refractivity contribution in [3.8, 4) is 0 Å². The van der Waals surface area contributed by atoms with Crippen LogP contribution >= 0.6 is 0 Å². The lowest BCUT2D eigenvalue weighted by atomic mass is 10.2. The fourth-order valence-electron chi connectivity index (χ4n) is 1.47. The van der Waals surface area contributed by atoms with Crippen molar-refractivity contribution in [1.82, 2.24) is 0 Å². The third kappa shape index (κ3) is 2.87. The van der Waals surface area contributed by atoms with Crippen LogP contribution in [0.15, 0.2) is 48.5 Å². The lowest BCUT2D eigenvalue weighted by molar-refractivity contribution is 1.35. The Kier molecular flexibility index (Phi) is 3.44. The summed E-state index contributed by atoms with van der Waals surface area (Å²) < 4.78 is 0. The Morgan fingerprint density at radius 2 is 0.824 bits per heavy atom. The molecule has 0 unspecified atom stereocenters. The Morgan fingerprint density at radius 1 is 0.529 bits per heavy atom. The van der Waals surface area contributed by atoms with Crippen LogP contribution in [0, 0.1) is 0 Å².